The van der Waals surface area contributed by atoms with Crippen LogP contribution in [0, 0.1) is 13.8 Å². The number of rotatable bonds is 2. The molecule has 24 heavy (non-hydrogen) atoms. The molecule has 1 N–H and O–H groups in total. The van der Waals surface area contributed by atoms with Crippen LogP contribution in [-0.2, 0) is 4.74 Å². The quantitative estimate of drug-likeness (QED) is 0.919. The van der Waals surface area contributed by atoms with Gasteiger partial charge in [0.15, 0.2) is 5.82 Å². The number of aromatic hydroxyl groups is 1. The molecule has 1 aromatic carbocycles. The summed E-state index contributed by atoms with van der Waals surface area (Å²) in [5.74, 6) is 1.17. The molecule has 1 aromatic heterocycles. The van der Waals surface area contributed by atoms with E-state index in [0.29, 0.717) is 17.8 Å². The van der Waals surface area contributed by atoms with Crippen LogP contribution in [0.15, 0.2) is 24.3 Å². The first-order valence-electron chi connectivity index (χ1n) is 8.66. The van der Waals surface area contributed by atoms with Gasteiger partial charge in [-0.05, 0) is 62.4 Å². The normalized spacial score (nSPS) is 23.3. The van der Waals surface area contributed by atoms with Gasteiger partial charge in [0.05, 0.1) is 24.4 Å². The van der Waals surface area contributed by atoms with Crippen LogP contribution in [0.1, 0.15) is 30.4 Å². The Morgan fingerprint density at radius 3 is 2.79 bits per heavy atom. The van der Waals surface area contributed by atoms with Crippen LogP contribution < -0.4 is 4.90 Å². The highest BCUT2D eigenvalue weighted by atomic mass is 16.5. The number of phenolic OH excluding ortho intramolecular Hbond substituents is 1. The number of aromatic nitrogens is 2. The van der Waals surface area contributed by atoms with Gasteiger partial charge >= 0.3 is 0 Å². The van der Waals surface area contributed by atoms with Gasteiger partial charge in [-0.1, -0.05) is 6.07 Å². The highest BCUT2D eigenvalue weighted by Gasteiger charge is 2.36. The van der Waals surface area contributed by atoms with Gasteiger partial charge < -0.3 is 14.7 Å². The van der Waals surface area contributed by atoms with Gasteiger partial charge in [0.1, 0.15) is 5.75 Å². The number of nitrogens with zero attached hydrogens (tertiary/aromatic N) is 3. The molecule has 5 nitrogen and oxygen atoms in total. The summed E-state index contributed by atoms with van der Waals surface area (Å²) in [5.41, 5.74) is 3.53. The standard InChI is InChI=1S/C19H23N3O2/c1-12-10-13(2)19(16(23)11-12)14-6-7-18(21-20-14)22-8-9-24-17-5-3-4-15(17)22/h6-7,10-11,15,17,23H,3-5,8-9H2,1-2H3/t15?,17-/m1/s1. The van der Waals surface area contributed by atoms with Gasteiger partial charge in [0.25, 0.3) is 0 Å². The third kappa shape index (κ3) is 2.63. The molecule has 2 aliphatic rings. The fourth-order valence-electron chi connectivity index (χ4n) is 4.10. The highest BCUT2D eigenvalue weighted by molar-refractivity contribution is 5.71. The van der Waals surface area contributed by atoms with Crippen molar-refractivity contribution in [3.8, 4) is 17.0 Å². The molecule has 4 rings (SSSR count). The Hall–Kier alpha value is -2.14. The first kappa shape index (κ1) is 15.4. The second-order valence-corrected chi connectivity index (χ2v) is 6.85. The van der Waals surface area contributed by atoms with Crippen molar-refractivity contribution in [3.05, 3.63) is 35.4 Å². The third-order valence-electron chi connectivity index (χ3n) is 5.14. The number of phenols is 1. The van der Waals surface area contributed by atoms with E-state index < -0.39 is 0 Å². The van der Waals surface area contributed by atoms with Crippen molar-refractivity contribution in [3.63, 3.8) is 0 Å². The van der Waals surface area contributed by atoms with Gasteiger partial charge in [-0.2, -0.15) is 0 Å². The maximum absolute atomic E-state index is 10.3. The zero-order valence-electron chi connectivity index (χ0n) is 14.2. The summed E-state index contributed by atoms with van der Waals surface area (Å²) >= 11 is 0. The van der Waals surface area contributed by atoms with E-state index >= 15 is 0 Å². The Morgan fingerprint density at radius 2 is 2.04 bits per heavy atom. The smallest absolute Gasteiger partial charge is 0.151 e. The Kier molecular flexibility index (Phi) is 3.88. The number of morpholine rings is 1. The second kappa shape index (κ2) is 6.06. The van der Waals surface area contributed by atoms with Gasteiger partial charge in [-0.15, -0.1) is 10.2 Å². The molecule has 2 aromatic rings. The lowest BCUT2D eigenvalue weighted by Crippen LogP contribution is -2.49. The lowest BCUT2D eigenvalue weighted by atomic mass is 10.0. The minimum Gasteiger partial charge on any atom is -0.507 e. The lowest BCUT2D eigenvalue weighted by molar-refractivity contribution is 0.0252. The van der Waals surface area contributed by atoms with E-state index in [0.717, 1.165) is 48.5 Å². The number of hydrogen-bond donors (Lipinski definition) is 1. The molecule has 1 saturated carbocycles. The van der Waals surface area contributed by atoms with Crippen molar-refractivity contribution in [2.75, 3.05) is 18.1 Å². The lowest BCUT2D eigenvalue weighted by Gasteiger charge is -2.38. The van der Waals surface area contributed by atoms with Crippen LogP contribution in [0.2, 0.25) is 0 Å². The Morgan fingerprint density at radius 1 is 1.17 bits per heavy atom. The molecule has 1 saturated heterocycles. The minimum absolute atomic E-state index is 0.261. The molecular weight excluding hydrogens is 302 g/mol. The molecule has 0 spiro atoms. The highest BCUT2D eigenvalue weighted by Crippen LogP contribution is 2.34. The molecule has 1 aliphatic carbocycles. The van der Waals surface area contributed by atoms with Crippen LogP contribution in [0.4, 0.5) is 5.82 Å². The van der Waals surface area contributed by atoms with E-state index in [-0.39, 0.29) is 5.75 Å². The van der Waals surface area contributed by atoms with Crippen LogP contribution in [0.25, 0.3) is 11.3 Å². The molecule has 0 bridgehead atoms. The fourth-order valence-corrected chi connectivity index (χ4v) is 4.10. The third-order valence-corrected chi connectivity index (χ3v) is 5.14. The van der Waals surface area contributed by atoms with Crippen molar-refractivity contribution in [2.45, 2.75) is 45.3 Å². The van der Waals surface area contributed by atoms with E-state index in [1.54, 1.807) is 6.07 Å². The second-order valence-electron chi connectivity index (χ2n) is 6.85. The number of ether oxygens (including phenoxy) is 1. The molecule has 126 valence electrons. The SMILES string of the molecule is Cc1cc(C)c(-c2ccc(N3CCO[C@@H]4CCCC43)nn2)c(O)c1. The Balaban J connectivity index is 1.64. The largest absolute Gasteiger partial charge is 0.507 e. The number of aryl methyl sites for hydroxylation is 2. The zero-order valence-corrected chi connectivity index (χ0v) is 14.2. The van der Waals surface area contributed by atoms with Crippen molar-refractivity contribution in [1.82, 2.24) is 10.2 Å². The molecule has 0 amide bonds. The van der Waals surface area contributed by atoms with Crippen LogP contribution in [0.3, 0.4) is 0 Å². The monoisotopic (exact) mass is 325 g/mol. The summed E-state index contributed by atoms with van der Waals surface area (Å²) in [7, 11) is 0. The van der Waals surface area contributed by atoms with Crippen molar-refractivity contribution >= 4 is 5.82 Å². The molecule has 1 unspecified atom stereocenters. The number of fused-ring (bicyclic) bond motifs is 1. The Bertz CT molecular complexity index is 722. The van der Waals surface area contributed by atoms with Crippen LogP contribution in [0.5, 0.6) is 5.75 Å². The number of hydrogen-bond acceptors (Lipinski definition) is 5. The van der Waals surface area contributed by atoms with Gasteiger partial charge in [0.2, 0.25) is 0 Å². The fraction of sp³-hybridized carbons (Fsp3) is 0.474. The average Bonchev–Trinajstić information content (AvgIpc) is 3.03. The van der Waals surface area contributed by atoms with E-state index in [9.17, 15) is 5.11 Å². The van der Waals surface area contributed by atoms with Crippen molar-refractivity contribution < 1.29 is 9.84 Å². The summed E-state index contributed by atoms with van der Waals surface area (Å²) in [6.45, 7) is 5.58. The van der Waals surface area contributed by atoms with E-state index in [2.05, 4.69) is 21.2 Å². The number of benzene rings is 1. The molecule has 1 aliphatic heterocycles. The van der Waals surface area contributed by atoms with Crippen molar-refractivity contribution in [2.24, 2.45) is 0 Å². The Labute approximate surface area is 142 Å². The summed E-state index contributed by atoms with van der Waals surface area (Å²) in [5, 5.41) is 19.1. The molecule has 5 heteroatoms. The summed E-state index contributed by atoms with van der Waals surface area (Å²) in [4.78, 5) is 2.33. The van der Waals surface area contributed by atoms with Crippen LogP contribution >= 0.6 is 0 Å². The zero-order chi connectivity index (χ0) is 16.7. The molecule has 2 fully saturated rings. The first-order valence-corrected chi connectivity index (χ1v) is 8.66. The van der Waals surface area contributed by atoms with E-state index in [1.165, 1.54) is 6.42 Å². The maximum atomic E-state index is 10.3. The molecular formula is C19H23N3O2. The maximum Gasteiger partial charge on any atom is 0.151 e. The number of anilines is 1. The summed E-state index contributed by atoms with van der Waals surface area (Å²) in [6.07, 6.45) is 3.85. The van der Waals surface area contributed by atoms with Gasteiger partial charge in [0, 0.05) is 12.1 Å². The molecule has 2 atom stereocenters. The van der Waals surface area contributed by atoms with Crippen LogP contribution in [-0.4, -0.2) is 40.6 Å². The summed E-state index contributed by atoms with van der Waals surface area (Å²) in [6, 6.07) is 8.22. The van der Waals surface area contributed by atoms with E-state index in [1.807, 2.05) is 26.0 Å². The van der Waals surface area contributed by atoms with Gasteiger partial charge in [-0.25, -0.2) is 0 Å². The van der Waals surface area contributed by atoms with E-state index in [4.69, 9.17) is 4.74 Å². The predicted octanol–water partition coefficient (Wildman–Crippen LogP) is 3.22. The predicted molar refractivity (Wildman–Crippen MR) is 93.3 cm³/mol. The average molecular weight is 325 g/mol. The van der Waals surface area contributed by atoms with Gasteiger partial charge in [-0.3, -0.25) is 0 Å². The van der Waals surface area contributed by atoms with Crippen molar-refractivity contribution in [1.29, 1.82) is 0 Å². The molecule has 0 radical (unpaired) electrons. The topological polar surface area (TPSA) is 58.5 Å². The molecule has 2 heterocycles. The first-order chi connectivity index (χ1) is 11.6. The summed E-state index contributed by atoms with van der Waals surface area (Å²) < 4.78 is 5.87. The minimum atomic E-state index is 0.261.